The Hall–Kier alpha value is -1.62. The standard InChI is InChI=1S/C15H22FN3O/c1-3-17-11(2)12-4-5-14(13(16)10-12)19-8-6-15(20)18-7-9-19/h4-5,10-11,17H,3,6-9H2,1-2H3,(H,18,20). The average molecular weight is 279 g/mol. The van der Waals surface area contributed by atoms with E-state index in [-0.39, 0.29) is 17.8 Å². The number of carbonyl (C=O) groups is 1. The van der Waals surface area contributed by atoms with Crippen LogP contribution in [0.4, 0.5) is 10.1 Å². The quantitative estimate of drug-likeness (QED) is 0.883. The molecular weight excluding hydrogens is 257 g/mol. The number of hydrogen-bond acceptors (Lipinski definition) is 3. The average Bonchev–Trinajstić information content (AvgIpc) is 2.64. The summed E-state index contributed by atoms with van der Waals surface area (Å²) in [6, 6.07) is 5.49. The predicted octanol–water partition coefficient (Wildman–Crippen LogP) is 1.82. The van der Waals surface area contributed by atoms with Crippen LogP contribution in [0.5, 0.6) is 0 Å². The number of nitrogens with one attached hydrogen (secondary N) is 2. The summed E-state index contributed by atoms with van der Waals surface area (Å²) in [7, 11) is 0. The lowest BCUT2D eigenvalue weighted by Crippen LogP contribution is -2.29. The van der Waals surface area contributed by atoms with Crippen molar-refractivity contribution in [2.45, 2.75) is 26.3 Å². The fourth-order valence-electron chi connectivity index (χ4n) is 2.48. The number of halogens is 1. The van der Waals surface area contributed by atoms with Crippen LogP contribution < -0.4 is 15.5 Å². The Morgan fingerprint density at radius 1 is 1.45 bits per heavy atom. The van der Waals surface area contributed by atoms with Crippen LogP contribution in [0.3, 0.4) is 0 Å². The molecule has 1 fully saturated rings. The van der Waals surface area contributed by atoms with E-state index in [1.165, 1.54) is 0 Å². The Morgan fingerprint density at radius 3 is 2.95 bits per heavy atom. The van der Waals surface area contributed by atoms with Gasteiger partial charge >= 0.3 is 0 Å². The fourth-order valence-corrected chi connectivity index (χ4v) is 2.48. The maximum absolute atomic E-state index is 14.3. The topological polar surface area (TPSA) is 44.4 Å². The van der Waals surface area contributed by atoms with Gasteiger partial charge in [0.1, 0.15) is 5.82 Å². The third-order valence-electron chi connectivity index (χ3n) is 3.64. The van der Waals surface area contributed by atoms with E-state index in [9.17, 15) is 9.18 Å². The number of nitrogens with zero attached hydrogens (tertiary/aromatic N) is 1. The van der Waals surface area contributed by atoms with Crippen LogP contribution in [-0.2, 0) is 4.79 Å². The molecule has 2 rings (SSSR count). The molecule has 1 unspecified atom stereocenters. The van der Waals surface area contributed by atoms with E-state index < -0.39 is 0 Å². The summed E-state index contributed by atoms with van der Waals surface area (Å²) >= 11 is 0. The first-order valence-corrected chi connectivity index (χ1v) is 7.16. The van der Waals surface area contributed by atoms with Crippen molar-refractivity contribution in [3.63, 3.8) is 0 Å². The summed E-state index contributed by atoms with van der Waals surface area (Å²) in [6.07, 6.45) is 0.412. The molecule has 1 aromatic carbocycles. The molecule has 0 aromatic heterocycles. The Morgan fingerprint density at radius 2 is 2.25 bits per heavy atom. The van der Waals surface area contributed by atoms with Gasteiger partial charge in [-0.1, -0.05) is 13.0 Å². The molecule has 0 bridgehead atoms. The minimum atomic E-state index is -0.221. The van der Waals surface area contributed by atoms with Crippen molar-refractivity contribution in [2.75, 3.05) is 31.1 Å². The van der Waals surface area contributed by atoms with E-state index in [1.54, 1.807) is 6.07 Å². The Labute approximate surface area is 119 Å². The maximum atomic E-state index is 14.3. The second-order valence-electron chi connectivity index (χ2n) is 5.08. The molecule has 0 radical (unpaired) electrons. The van der Waals surface area contributed by atoms with Gasteiger partial charge in [0.05, 0.1) is 5.69 Å². The van der Waals surface area contributed by atoms with Crippen LogP contribution in [0, 0.1) is 5.82 Å². The Balaban J connectivity index is 2.14. The zero-order valence-corrected chi connectivity index (χ0v) is 12.1. The van der Waals surface area contributed by atoms with Crippen molar-refractivity contribution in [3.8, 4) is 0 Å². The molecule has 4 nitrogen and oxygen atoms in total. The molecule has 110 valence electrons. The van der Waals surface area contributed by atoms with Crippen molar-refractivity contribution >= 4 is 11.6 Å². The lowest BCUT2D eigenvalue weighted by molar-refractivity contribution is -0.120. The van der Waals surface area contributed by atoms with Gasteiger partial charge in [0, 0.05) is 32.1 Å². The zero-order valence-electron chi connectivity index (χ0n) is 12.1. The molecule has 2 N–H and O–H groups in total. The first kappa shape index (κ1) is 14.8. The summed E-state index contributed by atoms with van der Waals surface area (Å²) in [5, 5.41) is 6.07. The van der Waals surface area contributed by atoms with Gasteiger partial charge in [-0.15, -0.1) is 0 Å². The third-order valence-corrected chi connectivity index (χ3v) is 3.64. The van der Waals surface area contributed by atoms with E-state index >= 15 is 0 Å². The van der Waals surface area contributed by atoms with E-state index in [1.807, 2.05) is 30.9 Å². The van der Waals surface area contributed by atoms with Gasteiger partial charge in [-0.25, -0.2) is 4.39 Å². The van der Waals surface area contributed by atoms with Crippen LogP contribution in [0.25, 0.3) is 0 Å². The highest BCUT2D eigenvalue weighted by atomic mass is 19.1. The predicted molar refractivity (Wildman–Crippen MR) is 78.3 cm³/mol. The summed E-state index contributed by atoms with van der Waals surface area (Å²) in [5.74, 6) is -0.188. The van der Waals surface area contributed by atoms with Crippen molar-refractivity contribution in [1.29, 1.82) is 0 Å². The molecule has 0 spiro atoms. The van der Waals surface area contributed by atoms with E-state index in [0.717, 1.165) is 12.1 Å². The van der Waals surface area contributed by atoms with Gasteiger partial charge in [-0.3, -0.25) is 4.79 Å². The van der Waals surface area contributed by atoms with Crippen LogP contribution in [0.2, 0.25) is 0 Å². The van der Waals surface area contributed by atoms with Gasteiger partial charge in [0.15, 0.2) is 0 Å². The maximum Gasteiger partial charge on any atom is 0.221 e. The molecule has 20 heavy (non-hydrogen) atoms. The van der Waals surface area contributed by atoms with Crippen LogP contribution in [-0.4, -0.2) is 32.1 Å². The van der Waals surface area contributed by atoms with E-state index in [0.29, 0.717) is 31.7 Å². The molecule has 1 saturated heterocycles. The Bertz CT molecular complexity index is 478. The number of benzene rings is 1. The number of rotatable bonds is 4. The van der Waals surface area contributed by atoms with Crippen LogP contribution in [0.1, 0.15) is 31.9 Å². The lowest BCUT2D eigenvalue weighted by atomic mass is 10.1. The highest BCUT2D eigenvalue weighted by Crippen LogP contribution is 2.24. The van der Waals surface area contributed by atoms with Crippen molar-refractivity contribution < 1.29 is 9.18 Å². The summed E-state index contributed by atoms with van der Waals surface area (Å²) in [6.45, 7) is 6.67. The van der Waals surface area contributed by atoms with Crippen molar-refractivity contribution in [1.82, 2.24) is 10.6 Å². The third kappa shape index (κ3) is 3.48. The van der Waals surface area contributed by atoms with Gasteiger partial charge in [-0.2, -0.15) is 0 Å². The van der Waals surface area contributed by atoms with Crippen molar-refractivity contribution in [3.05, 3.63) is 29.6 Å². The second-order valence-corrected chi connectivity index (χ2v) is 5.08. The normalized spacial score (nSPS) is 17.6. The molecule has 1 amide bonds. The highest BCUT2D eigenvalue weighted by molar-refractivity contribution is 5.77. The van der Waals surface area contributed by atoms with Crippen molar-refractivity contribution in [2.24, 2.45) is 0 Å². The number of amides is 1. The smallest absolute Gasteiger partial charge is 0.221 e. The number of carbonyl (C=O) groups excluding carboxylic acids is 1. The molecule has 1 atom stereocenters. The first-order chi connectivity index (χ1) is 9.61. The molecule has 1 aliphatic heterocycles. The number of hydrogen-bond donors (Lipinski definition) is 2. The minimum absolute atomic E-state index is 0.0327. The molecule has 1 heterocycles. The fraction of sp³-hybridized carbons (Fsp3) is 0.533. The summed E-state index contributed by atoms with van der Waals surface area (Å²) in [5.41, 5.74) is 1.52. The minimum Gasteiger partial charge on any atom is -0.367 e. The molecule has 0 aliphatic carbocycles. The zero-order chi connectivity index (χ0) is 14.5. The molecule has 1 aromatic rings. The SMILES string of the molecule is CCNC(C)c1ccc(N2CCNC(=O)CC2)c(F)c1. The molecular formula is C15H22FN3O. The molecule has 5 heteroatoms. The first-order valence-electron chi connectivity index (χ1n) is 7.16. The van der Waals surface area contributed by atoms with E-state index in [2.05, 4.69) is 10.6 Å². The van der Waals surface area contributed by atoms with Crippen LogP contribution >= 0.6 is 0 Å². The van der Waals surface area contributed by atoms with Gasteiger partial charge in [0.25, 0.3) is 0 Å². The van der Waals surface area contributed by atoms with Crippen LogP contribution in [0.15, 0.2) is 18.2 Å². The van der Waals surface area contributed by atoms with Gasteiger partial charge in [0.2, 0.25) is 5.91 Å². The second kappa shape index (κ2) is 6.70. The molecule has 1 aliphatic rings. The summed E-state index contributed by atoms with van der Waals surface area (Å²) in [4.78, 5) is 13.2. The Kier molecular flexibility index (Phi) is 4.95. The van der Waals surface area contributed by atoms with Gasteiger partial charge < -0.3 is 15.5 Å². The highest BCUT2D eigenvalue weighted by Gasteiger charge is 2.17. The van der Waals surface area contributed by atoms with E-state index in [4.69, 9.17) is 0 Å². The monoisotopic (exact) mass is 279 g/mol. The summed E-state index contributed by atoms with van der Waals surface area (Å²) < 4.78 is 14.3. The van der Waals surface area contributed by atoms with Gasteiger partial charge in [-0.05, 0) is 31.2 Å². The lowest BCUT2D eigenvalue weighted by Gasteiger charge is -2.23. The largest absolute Gasteiger partial charge is 0.367 e. The number of anilines is 1. The molecule has 0 saturated carbocycles.